The van der Waals surface area contributed by atoms with Crippen LogP contribution in [0.1, 0.15) is 32.8 Å². The Balaban J connectivity index is 1.72. The summed E-state index contributed by atoms with van der Waals surface area (Å²) in [5, 5.41) is 10.8. The molecule has 3 rings (SSSR count). The molecule has 1 aliphatic rings. The molecule has 0 bridgehead atoms. The summed E-state index contributed by atoms with van der Waals surface area (Å²) in [6, 6.07) is 15.2. The molecule has 1 fully saturated rings. The Bertz CT molecular complexity index is 984. The van der Waals surface area contributed by atoms with Crippen molar-refractivity contribution in [3.63, 3.8) is 0 Å². The molecular formula is C25H30N2O6. The van der Waals surface area contributed by atoms with Crippen molar-refractivity contribution in [2.75, 3.05) is 18.6 Å². The third kappa shape index (κ3) is 5.90. The van der Waals surface area contributed by atoms with Gasteiger partial charge in [0, 0.05) is 12.1 Å². The molecule has 0 saturated carbocycles. The van der Waals surface area contributed by atoms with Crippen molar-refractivity contribution in [2.24, 2.45) is 5.92 Å². The van der Waals surface area contributed by atoms with E-state index in [1.54, 1.807) is 45.0 Å². The first kappa shape index (κ1) is 24.3. The number of anilines is 1. The van der Waals surface area contributed by atoms with Crippen molar-refractivity contribution in [1.82, 2.24) is 5.06 Å². The van der Waals surface area contributed by atoms with Crippen LogP contribution in [0.5, 0.6) is 5.75 Å². The Hall–Kier alpha value is -3.39. The van der Waals surface area contributed by atoms with Gasteiger partial charge in [0.2, 0.25) is 11.8 Å². The molecule has 0 aliphatic carbocycles. The Morgan fingerprint density at radius 1 is 1.06 bits per heavy atom. The lowest BCUT2D eigenvalue weighted by atomic mass is 9.83. The van der Waals surface area contributed by atoms with Crippen LogP contribution in [0.15, 0.2) is 54.6 Å². The number of methoxy groups -OCH3 is 1. The number of carbonyl (C=O) groups excluding carboxylic acids is 3. The van der Waals surface area contributed by atoms with E-state index in [9.17, 15) is 19.6 Å². The topological polar surface area (TPSA) is 96.4 Å². The van der Waals surface area contributed by atoms with Gasteiger partial charge < -0.3 is 9.47 Å². The molecule has 0 spiro atoms. The Kier molecular flexibility index (Phi) is 7.38. The number of hydrogen-bond donors (Lipinski definition) is 1. The number of ether oxygens (including phenoxy) is 2. The van der Waals surface area contributed by atoms with Crippen molar-refractivity contribution >= 4 is 23.5 Å². The summed E-state index contributed by atoms with van der Waals surface area (Å²) in [6.07, 6.45) is 0.176. The molecule has 8 heteroatoms. The predicted molar refractivity (Wildman–Crippen MR) is 122 cm³/mol. The summed E-state index contributed by atoms with van der Waals surface area (Å²) >= 11 is 0. The number of carbonyl (C=O) groups is 3. The van der Waals surface area contributed by atoms with Crippen LogP contribution in [0.25, 0.3) is 0 Å². The number of esters is 1. The van der Waals surface area contributed by atoms with Gasteiger partial charge in [-0.2, -0.15) is 0 Å². The van der Waals surface area contributed by atoms with Gasteiger partial charge >= 0.3 is 5.97 Å². The van der Waals surface area contributed by atoms with Gasteiger partial charge in [-0.05, 0) is 57.0 Å². The second kappa shape index (κ2) is 10.0. The van der Waals surface area contributed by atoms with Gasteiger partial charge in [-0.1, -0.05) is 30.3 Å². The molecule has 1 aliphatic heterocycles. The molecule has 176 valence electrons. The molecule has 1 saturated heterocycles. The summed E-state index contributed by atoms with van der Waals surface area (Å²) < 4.78 is 10.7. The van der Waals surface area contributed by atoms with E-state index in [-0.39, 0.29) is 18.9 Å². The Morgan fingerprint density at radius 2 is 1.70 bits per heavy atom. The number of nitrogens with zero attached hydrogens (tertiary/aromatic N) is 2. The minimum atomic E-state index is -0.961. The van der Waals surface area contributed by atoms with E-state index >= 15 is 0 Å². The lowest BCUT2D eigenvalue weighted by molar-refractivity contribution is -0.171. The van der Waals surface area contributed by atoms with Crippen molar-refractivity contribution in [3.05, 3.63) is 60.2 Å². The Morgan fingerprint density at radius 3 is 2.27 bits per heavy atom. The van der Waals surface area contributed by atoms with Gasteiger partial charge in [0.25, 0.3) is 0 Å². The second-order valence-electron chi connectivity index (χ2n) is 8.95. The van der Waals surface area contributed by atoms with Crippen LogP contribution in [0.2, 0.25) is 0 Å². The first-order valence-corrected chi connectivity index (χ1v) is 10.8. The highest BCUT2D eigenvalue weighted by Gasteiger charge is 2.54. The molecule has 2 aromatic carbocycles. The zero-order valence-electron chi connectivity index (χ0n) is 19.4. The zero-order chi connectivity index (χ0) is 24.2. The second-order valence-corrected chi connectivity index (χ2v) is 8.95. The van der Waals surface area contributed by atoms with E-state index in [0.29, 0.717) is 22.9 Å². The summed E-state index contributed by atoms with van der Waals surface area (Å²) in [7, 11) is 1.54. The molecule has 1 N–H and O–H groups in total. The van der Waals surface area contributed by atoms with Crippen LogP contribution >= 0.6 is 0 Å². The SMILES string of the molecule is COc1ccc(N2C(=O)C(CC(=O)N(O)CCc3ccccc3)C2C(=O)OC(C)(C)C)cc1. The van der Waals surface area contributed by atoms with Gasteiger partial charge in [-0.15, -0.1) is 0 Å². The van der Waals surface area contributed by atoms with E-state index in [1.807, 2.05) is 30.3 Å². The van der Waals surface area contributed by atoms with Crippen LogP contribution in [-0.4, -0.2) is 53.4 Å². The van der Waals surface area contributed by atoms with Crippen molar-refractivity contribution in [3.8, 4) is 5.75 Å². The first-order valence-electron chi connectivity index (χ1n) is 10.8. The molecule has 2 unspecified atom stereocenters. The maximum atomic E-state index is 13.0. The van der Waals surface area contributed by atoms with Crippen LogP contribution in [0.3, 0.4) is 0 Å². The number of benzene rings is 2. The summed E-state index contributed by atoms with van der Waals surface area (Å²) in [5.41, 5.74) is 0.723. The van der Waals surface area contributed by atoms with Crippen molar-refractivity contribution in [2.45, 2.75) is 45.3 Å². The number of amides is 2. The fourth-order valence-corrected chi connectivity index (χ4v) is 3.71. The average molecular weight is 455 g/mol. The predicted octanol–water partition coefficient (Wildman–Crippen LogP) is 3.22. The van der Waals surface area contributed by atoms with Crippen molar-refractivity contribution in [1.29, 1.82) is 0 Å². The van der Waals surface area contributed by atoms with E-state index < -0.39 is 29.4 Å². The summed E-state index contributed by atoms with van der Waals surface area (Å²) in [6.45, 7) is 5.30. The lowest BCUT2D eigenvalue weighted by Gasteiger charge is -2.46. The summed E-state index contributed by atoms with van der Waals surface area (Å²) in [5.74, 6) is -1.89. The minimum Gasteiger partial charge on any atom is -0.497 e. The Labute approximate surface area is 193 Å². The molecule has 2 atom stereocenters. The van der Waals surface area contributed by atoms with Gasteiger partial charge in [0.15, 0.2) is 0 Å². The monoisotopic (exact) mass is 454 g/mol. The number of rotatable bonds is 8. The van der Waals surface area contributed by atoms with E-state index in [2.05, 4.69) is 0 Å². The van der Waals surface area contributed by atoms with Crippen LogP contribution in [-0.2, 0) is 25.5 Å². The highest BCUT2D eigenvalue weighted by atomic mass is 16.6. The number of hydroxylamine groups is 2. The lowest BCUT2D eigenvalue weighted by Crippen LogP contribution is -2.66. The van der Waals surface area contributed by atoms with Crippen LogP contribution in [0, 0.1) is 5.92 Å². The van der Waals surface area contributed by atoms with Gasteiger partial charge in [-0.3, -0.25) is 19.7 Å². The molecule has 0 aromatic heterocycles. The third-order valence-electron chi connectivity index (χ3n) is 5.35. The zero-order valence-corrected chi connectivity index (χ0v) is 19.4. The van der Waals surface area contributed by atoms with E-state index in [4.69, 9.17) is 9.47 Å². The van der Waals surface area contributed by atoms with Gasteiger partial charge in [-0.25, -0.2) is 9.86 Å². The smallest absolute Gasteiger partial charge is 0.330 e. The van der Waals surface area contributed by atoms with E-state index in [1.165, 1.54) is 12.0 Å². The average Bonchev–Trinajstić information content (AvgIpc) is 2.78. The minimum absolute atomic E-state index is 0.0864. The maximum Gasteiger partial charge on any atom is 0.330 e. The highest BCUT2D eigenvalue weighted by molar-refractivity contribution is 6.12. The molecular weight excluding hydrogens is 424 g/mol. The molecule has 2 aromatic rings. The van der Waals surface area contributed by atoms with E-state index in [0.717, 1.165) is 5.56 Å². The molecule has 2 amide bonds. The first-order chi connectivity index (χ1) is 15.6. The summed E-state index contributed by atoms with van der Waals surface area (Å²) in [4.78, 5) is 39.9. The number of hydrogen-bond acceptors (Lipinski definition) is 6. The number of β-lactam (4-membered cyclic amide) rings is 1. The van der Waals surface area contributed by atoms with Crippen LogP contribution < -0.4 is 9.64 Å². The standard InChI is InChI=1S/C25H30N2O6/c1-25(2,3)33-24(30)22-20(23(29)27(22)18-10-12-19(32-4)13-11-18)16-21(28)26(31)15-14-17-8-6-5-7-9-17/h5-13,20,22,31H,14-16H2,1-4H3. The fraction of sp³-hybridized carbons (Fsp3) is 0.400. The fourth-order valence-electron chi connectivity index (χ4n) is 3.71. The van der Waals surface area contributed by atoms with Crippen molar-refractivity contribution < 1.29 is 29.1 Å². The van der Waals surface area contributed by atoms with Gasteiger partial charge in [0.1, 0.15) is 17.4 Å². The largest absolute Gasteiger partial charge is 0.497 e. The van der Waals surface area contributed by atoms with Crippen LogP contribution in [0.4, 0.5) is 5.69 Å². The molecule has 8 nitrogen and oxygen atoms in total. The molecule has 0 radical (unpaired) electrons. The maximum absolute atomic E-state index is 13.0. The third-order valence-corrected chi connectivity index (χ3v) is 5.35. The quantitative estimate of drug-likeness (QED) is 0.285. The highest BCUT2D eigenvalue weighted by Crippen LogP contribution is 2.37. The molecule has 33 heavy (non-hydrogen) atoms. The normalized spacial score (nSPS) is 17.8. The molecule has 1 heterocycles. The van der Waals surface area contributed by atoms with Gasteiger partial charge in [0.05, 0.1) is 19.6 Å².